The molecule has 0 bridgehead atoms. The van der Waals surface area contributed by atoms with Gasteiger partial charge in [0.2, 0.25) is 0 Å². The highest BCUT2D eigenvalue weighted by Crippen LogP contribution is 2.27. The van der Waals surface area contributed by atoms with Crippen LogP contribution in [0, 0.1) is 27.7 Å². The summed E-state index contributed by atoms with van der Waals surface area (Å²) < 4.78 is 2.25. The molecule has 3 aromatic rings. The van der Waals surface area contributed by atoms with E-state index in [1.54, 1.807) is 0 Å². The molecule has 0 atom stereocenters. The van der Waals surface area contributed by atoms with Crippen molar-refractivity contribution in [2.75, 3.05) is 0 Å². The fourth-order valence-electron chi connectivity index (χ4n) is 2.79. The number of nitrogens with zero attached hydrogens (tertiary/aromatic N) is 2. The Balaban J connectivity index is 2.27. The molecule has 1 heterocycles. The van der Waals surface area contributed by atoms with Crippen molar-refractivity contribution in [1.29, 1.82) is 0 Å². The second kappa shape index (κ2) is 5.21. The molecule has 0 unspecified atom stereocenters. The summed E-state index contributed by atoms with van der Waals surface area (Å²) in [5.41, 5.74) is 7.15. The number of imidazole rings is 1. The lowest BCUT2D eigenvalue weighted by Gasteiger charge is -2.12. The van der Waals surface area contributed by atoms with Gasteiger partial charge in [0.05, 0.1) is 5.69 Å². The number of hydrogen-bond acceptors (Lipinski definition) is 1. The summed E-state index contributed by atoms with van der Waals surface area (Å²) in [5.74, 6) is 1.01. The lowest BCUT2D eigenvalue weighted by molar-refractivity contribution is 1.00. The Kier molecular flexibility index (Phi) is 3.38. The predicted molar refractivity (Wildman–Crippen MR) is 87.9 cm³/mol. The lowest BCUT2D eigenvalue weighted by Crippen LogP contribution is -2.01. The number of aromatic nitrogens is 2. The molecule has 0 aliphatic rings. The van der Waals surface area contributed by atoms with Gasteiger partial charge in [-0.2, -0.15) is 0 Å². The molecule has 21 heavy (non-hydrogen) atoms. The molecule has 0 amide bonds. The zero-order valence-corrected chi connectivity index (χ0v) is 13.0. The van der Waals surface area contributed by atoms with Crippen LogP contribution in [0.5, 0.6) is 0 Å². The van der Waals surface area contributed by atoms with E-state index in [1.807, 2.05) is 6.07 Å². The van der Waals surface area contributed by atoms with Gasteiger partial charge in [0.15, 0.2) is 0 Å². The molecule has 0 radical (unpaired) electrons. The number of aryl methyl sites for hydroxylation is 3. The minimum Gasteiger partial charge on any atom is -0.297 e. The predicted octanol–water partition coefficient (Wildman–Crippen LogP) is 4.77. The van der Waals surface area contributed by atoms with Gasteiger partial charge in [0, 0.05) is 16.9 Å². The van der Waals surface area contributed by atoms with Crippen LogP contribution >= 0.6 is 0 Å². The maximum absolute atomic E-state index is 4.78. The van der Waals surface area contributed by atoms with Crippen LogP contribution < -0.4 is 0 Å². The number of hydrogen-bond donors (Lipinski definition) is 0. The van der Waals surface area contributed by atoms with E-state index in [1.165, 1.54) is 22.5 Å². The summed E-state index contributed by atoms with van der Waals surface area (Å²) in [4.78, 5) is 4.78. The summed E-state index contributed by atoms with van der Waals surface area (Å²) in [6.07, 6.45) is 0. The molecule has 0 aliphatic heterocycles. The number of rotatable bonds is 2. The molecule has 0 aliphatic carbocycles. The van der Waals surface area contributed by atoms with E-state index >= 15 is 0 Å². The Morgan fingerprint density at radius 1 is 0.810 bits per heavy atom. The van der Waals surface area contributed by atoms with Crippen LogP contribution in [0.4, 0.5) is 0 Å². The maximum atomic E-state index is 4.78. The quantitative estimate of drug-likeness (QED) is 0.659. The van der Waals surface area contributed by atoms with Gasteiger partial charge in [0.1, 0.15) is 5.82 Å². The first-order chi connectivity index (χ1) is 10.1. The van der Waals surface area contributed by atoms with Crippen LogP contribution in [0.2, 0.25) is 0 Å². The molecule has 0 spiro atoms. The molecule has 2 aromatic carbocycles. The summed E-state index contributed by atoms with van der Waals surface area (Å²) in [7, 11) is 0. The van der Waals surface area contributed by atoms with Crippen LogP contribution in [-0.4, -0.2) is 9.55 Å². The molecular weight excluding hydrogens is 256 g/mol. The Morgan fingerprint density at radius 2 is 1.43 bits per heavy atom. The van der Waals surface area contributed by atoms with Gasteiger partial charge < -0.3 is 0 Å². The third kappa shape index (κ3) is 2.49. The second-order valence-electron chi connectivity index (χ2n) is 5.65. The lowest BCUT2D eigenvalue weighted by atomic mass is 10.1. The smallest absolute Gasteiger partial charge is 0.145 e. The average Bonchev–Trinajstić information content (AvgIpc) is 2.75. The molecule has 3 rings (SSSR count). The molecule has 0 N–H and O–H groups in total. The van der Waals surface area contributed by atoms with E-state index in [0.29, 0.717) is 0 Å². The highest BCUT2D eigenvalue weighted by atomic mass is 15.1. The number of benzene rings is 2. The topological polar surface area (TPSA) is 17.8 Å². The fourth-order valence-corrected chi connectivity index (χ4v) is 2.79. The largest absolute Gasteiger partial charge is 0.297 e. The van der Waals surface area contributed by atoms with Crippen LogP contribution in [0.1, 0.15) is 22.5 Å². The average molecular weight is 276 g/mol. The minimum atomic E-state index is 1.01. The Hall–Kier alpha value is -2.35. The van der Waals surface area contributed by atoms with Crippen molar-refractivity contribution in [2.24, 2.45) is 0 Å². The molecular formula is C19H20N2. The molecule has 106 valence electrons. The zero-order chi connectivity index (χ0) is 15.0. The first kappa shape index (κ1) is 13.6. The fraction of sp³-hybridized carbons (Fsp3) is 0.211. The van der Waals surface area contributed by atoms with Crippen LogP contribution in [0.15, 0.2) is 48.5 Å². The van der Waals surface area contributed by atoms with Crippen molar-refractivity contribution in [2.45, 2.75) is 27.7 Å². The van der Waals surface area contributed by atoms with Crippen molar-refractivity contribution in [3.63, 3.8) is 0 Å². The summed E-state index contributed by atoms with van der Waals surface area (Å²) in [6, 6.07) is 17.0. The van der Waals surface area contributed by atoms with E-state index in [4.69, 9.17) is 4.98 Å². The van der Waals surface area contributed by atoms with Gasteiger partial charge in [-0.05, 0) is 51.0 Å². The van der Waals surface area contributed by atoms with Crippen molar-refractivity contribution < 1.29 is 0 Å². The Bertz CT molecular complexity index is 763. The van der Waals surface area contributed by atoms with Crippen LogP contribution in [0.25, 0.3) is 17.1 Å². The molecule has 0 fully saturated rings. The maximum Gasteiger partial charge on any atom is 0.145 e. The second-order valence-corrected chi connectivity index (χ2v) is 5.65. The van der Waals surface area contributed by atoms with E-state index in [-0.39, 0.29) is 0 Å². The van der Waals surface area contributed by atoms with E-state index in [2.05, 4.69) is 74.7 Å². The Labute approximate surface area is 126 Å². The monoisotopic (exact) mass is 276 g/mol. The van der Waals surface area contributed by atoms with E-state index < -0.39 is 0 Å². The Morgan fingerprint density at radius 3 is 2.05 bits per heavy atom. The molecule has 0 saturated heterocycles. The first-order valence-electron chi connectivity index (χ1n) is 7.26. The third-order valence-electron chi connectivity index (χ3n) is 3.84. The summed E-state index contributed by atoms with van der Waals surface area (Å²) in [6.45, 7) is 8.48. The molecule has 2 nitrogen and oxygen atoms in total. The molecule has 2 heteroatoms. The van der Waals surface area contributed by atoms with Crippen molar-refractivity contribution >= 4 is 0 Å². The van der Waals surface area contributed by atoms with Crippen LogP contribution in [-0.2, 0) is 0 Å². The van der Waals surface area contributed by atoms with Gasteiger partial charge >= 0.3 is 0 Å². The van der Waals surface area contributed by atoms with Crippen molar-refractivity contribution in [3.8, 4) is 17.1 Å². The van der Waals surface area contributed by atoms with Crippen LogP contribution in [0.3, 0.4) is 0 Å². The van der Waals surface area contributed by atoms with Gasteiger partial charge in [-0.25, -0.2) is 4.98 Å². The highest BCUT2D eigenvalue weighted by Gasteiger charge is 2.14. The summed E-state index contributed by atoms with van der Waals surface area (Å²) in [5, 5.41) is 0. The summed E-state index contributed by atoms with van der Waals surface area (Å²) >= 11 is 0. The van der Waals surface area contributed by atoms with Gasteiger partial charge in [0.25, 0.3) is 0 Å². The van der Waals surface area contributed by atoms with Gasteiger partial charge in [-0.3, -0.25) is 4.57 Å². The molecule has 0 saturated carbocycles. The van der Waals surface area contributed by atoms with Gasteiger partial charge in [-0.1, -0.05) is 36.4 Å². The third-order valence-corrected chi connectivity index (χ3v) is 3.84. The minimum absolute atomic E-state index is 1.01. The standard InChI is InChI=1S/C19H20N2/c1-13-10-14(2)12-18(11-13)21-16(4)15(3)20-19(21)17-8-6-5-7-9-17/h5-12H,1-4H3. The van der Waals surface area contributed by atoms with Crippen molar-refractivity contribution in [3.05, 3.63) is 71.0 Å². The van der Waals surface area contributed by atoms with E-state index in [9.17, 15) is 0 Å². The van der Waals surface area contributed by atoms with Crippen molar-refractivity contribution in [1.82, 2.24) is 9.55 Å². The normalized spacial score (nSPS) is 10.9. The zero-order valence-electron chi connectivity index (χ0n) is 13.0. The first-order valence-corrected chi connectivity index (χ1v) is 7.26. The SMILES string of the molecule is Cc1cc(C)cc(-n2c(-c3ccccc3)nc(C)c2C)c1. The van der Waals surface area contributed by atoms with Gasteiger partial charge in [-0.15, -0.1) is 0 Å². The highest BCUT2D eigenvalue weighted by molar-refractivity contribution is 5.61. The van der Waals surface area contributed by atoms with E-state index in [0.717, 1.165) is 17.1 Å². The molecule has 1 aromatic heterocycles.